The molecular formula is C16H25NO2. The van der Waals surface area contributed by atoms with Crippen LogP contribution in [0.5, 0.6) is 5.75 Å². The van der Waals surface area contributed by atoms with Crippen LogP contribution in [-0.4, -0.2) is 32.9 Å². The van der Waals surface area contributed by atoms with E-state index in [1.165, 1.54) is 18.4 Å². The third kappa shape index (κ3) is 2.93. The minimum atomic E-state index is -0.0183. The SMILES string of the molecule is CNC(Cc1ccccc1OC)C1(OC)CCCC1. The third-order valence-corrected chi connectivity index (χ3v) is 4.46. The summed E-state index contributed by atoms with van der Waals surface area (Å²) >= 11 is 0. The van der Waals surface area contributed by atoms with Crippen molar-refractivity contribution in [1.82, 2.24) is 5.32 Å². The normalized spacial score (nSPS) is 19.3. The molecule has 1 aromatic rings. The Morgan fingerprint density at radius 2 is 1.89 bits per heavy atom. The van der Waals surface area contributed by atoms with Crippen molar-refractivity contribution in [3.8, 4) is 5.75 Å². The third-order valence-electron chi connectivity index (χ3n) is 4.46. The second kappa shape index (κ2) is 6.40. The van der Waals surface area contributed by atoms with E-state index in [0.29, 0.717) is 6.04 Å². The lowest BCUT2D eigenvalue weighted by Crippen LogP contribution is -2.50. The van der Waals surface area contributed by atoms with Crippen LogP contribution in [0.25, 0.3) is 0 Å². The molecule has 3 heteroatoms. The number of rotatable bonds is 6. The first kappa shape index (κ1) is 14.4. The molecule has 1 atom stereocenters. The molecule has 3 nitrogen and oxygen atoms in total. The van der Waals surface area contributed by atoms with Gasteiger partial charge in [-0.2, -0.15) is 0 Å². The molecule has 1 unspecified atom stereocenters. The number of likely N-dealkylation sites (N-methyl/N-ethyl adjacent to an activating group) is 1. The van der Waals surface area contributed by atoms with Crippen LogP contribution in [0, 0.1) is 0 Å². The molecule has 1 N–H and O–H groups in total. The minimum absolute atomic E-state index is 0.0183. The molecule has 1 saturated carbocycles. The van der Waals surface area contributed by atoms with E-state index in [0.717, 1.165) is 25.0 Å². The Balaban J connectivity index is 2.18. The van der Waals surface area contributed by atoms with Crippen LogP contribution >= 0.6 is 0 Å². The number of para-hydroxylation sites is 1. The van der Waals surface area contributed by atoms with Crippen molar-refractivity contribution in [3.63, 3.8) is 0 Å². The fourth-order valence-electron chi connectivity index (χ4n) is 3.31. The zero-order valence-electron chi connectivity index (χ0n) is 12.2. The van der Waals surface area contributed by atoms with E-state index in [1.54, 1.807) is 7.11 Å². The molecule has 0 bridgehead atoms. The summed E-state index contributed by atoms with van der Waals surface area (Å²) in [5, 5.41) is 3.45. The molecule has 0 aliphatic heterocycles. The fourth-order valence-corrected chi connectivity index (χ4v) is 3.31. The van der Waals surface area contributed by atoms with E-state index in [4.69, 9.17) is 9.47 Å². The van der Waals surface area contributed by atoms with E-state index in [9.17, 15) is 0 Å². The fraction of sp³-hybridized carbons (Fsp3) is 0.625. The highest BCUT2D eigenvalue weighted by Crippen LogP contribution is 2.37. The Bertz CT molecular complexity index is 399. The van der Waals surface area contributed by atoms with Crippen LogP contribution in [0.2, 0.25) is 0 Å². The second-order valence-electron chi connectivity index (χ2n) is 5.33. The summed E-state index contributed by atoms with van der Waals surface area (Å²) in [6.45, 7) is 0. The van der Waals surface area contributed by atoms with Gasteiger partial charge in [-0.15, -0.1) is 0 Å². The van der Waals surface area contributed by atoms with Gasteiger partial charge >= 0.3 is 0 Å². The quantitative estimate of drug-likeness (QED) is 0.856. The smallest absolute Gasteiger partial charge is 0.122 e. The minimum Gasteiger partial charge on any atom is -0.496 e. The van der Waals surface area contributed by atoms with Gasteiger partial charge in [0.25, 0.3) is 0 Å². The lowest BCUT2D eigenvalue weighted by Gasteiger charge is -2.36. The molecule has 1 aliphatic rings. The first-order valence-corrected chi connectivity index (χ1v) is 7.10. The van der Waals surface area contributed by atoms with Gasteiger partial charge in [0.15, 0.2) is 0 Å². The summed E-state index contributed by atoms with van der Waals surface area (Å²) in [6, 6.07) is 8.57. The van der Waals surface area contributed by atoms with E-state index in [2.05, 4.69) is 17.4 Å². The molecule has 0 aromatic heterocycles. The summed E-state index contributed by atoms with van der Waals surface area (Å²) in [4.78, 5) is 0. The highest BCUT2D eigenvalue weighted by Gasteiger charge is 2.41. The largest absolute Gasteiger partial charge is 0.496 e. The molecule has 106 valence electrons. The average Bonchev–Trinajstić information content (AvgIpc) is 2.95. The molecule has 19 heavy (non-hydrogen) atoms. The lowest BCUT2D eigenvalue weighted by molar-refractivity contribution is -0.0337. The highest BCUT2D eigenvalue weighted by atomic mass is 16.5. The summed E-state index contributed by atoms with van der Waals surface area (Å²) in [5.74, 6) is 0.965. The standard InChI is InChI=1S/C16H25NO2/c1-17-15(16(19-3)10-6-7-11-16)12-13-8-4-5-9-14(13)18-2/h4-5,8-9,15,17H,6-7,10-12H2,1-3H3. The molecule has 1 fully saturated rings. The lowest BCUT2D eigenvalue weighted by atomic mass is 9.87. The Kier molecular flexibility index (Phi) is 4.83. The maximum Gasteiger partial charge on any atom is 0.122 e. The zero-order valence-corrected chi connectivity index (χ0v) is 12.2. The summed E-state index contributed by atoms with van der Waals surface area (Å²) < 4.78 is 11.3. The maximum absolute atomic E-state index is 5.89. The van der Waals surface area contributed by atoms with Crippen LogP contribution in [0.15, 0.2) is 24.3 Å². The van der Waals surface area contributed by atoms with Gasteiger partial charge in [-0.05, 0) is 37.9 Å². The zero-order chi connectivity index (χ0) is 13.7. The number of ether oxygens (including phenoxy) is 2. The molecule has 0 amide bonds. The topological polar surface area (TPSA) is 30.5 Å². The van der Waals surface area contributed by atoms with Crippen LogP contribution in [0.1, 0.15) is 31.2 Å². The molecule has 0 saturated heterocycles. The molecule has 1 aromatic carbocycles. The monoisotopic (exact) mass is 263 g/mol. The number of nitrogens with one attached hydrogen (secondary N) is 1. The predicted octanol–water partition coefficient (Wildman–Crippen LogP) is 2.78. The first-order valence-electron chi connectivity index (χ1n) is 7.10. The van der Waals surface area contributed by atoms with Gasteiger partial charge in [0, 0.05) is 13.2 Å². The Hall–Kier alpha value is -1.06. The number of hydrogen-bond acceptors (Lipinski definition) is 3. The summed E-state index contributed by atoms with van der Waals surface area (Å²) in [7, 11) is 5.60. The van der Waals surface area contributed by atoms with Gasteiger partial charge in [-0.3, -0.25) is 0 Å². The molecule has 2 rings (SSSR count). The van der Waals surface area contributed by atoms with Crippen molar-refractivity contribution in [2.75, 3.05) is 21.3 Å². The van der Waals surface area contributed by atoms with Gasteiger partial charge in [0.05, 0.1) is 12.7 Å². The molecule has 0 radical (unpaired) electrons. The number of methoxy groups -OCH3 is 2. The van der Waals surface area contributed by atoms with Gasteiger partial charge < -0.3 is 14.8 Å². The molecular weight excluding hydrogens is 238 g/mol. The summed E-state index contributed by atoms with van der Waals surface area (Å²) in [6.07, 6.45) is 5.75. The number of hydrogen-bond donors (Lipinski definition) is 1. The van der Waals surface area contributed by atoms with Crippen molar-refractivity contribution in [2.45, 2.75) is 43.7 Å². The van der Waals surface area contributed by atoms with E-state index >= 15 is 0 Å². The molecule has 1 aliphatic carbocycles. The van der Waals surface area contributed by atoms with Crippen LogP contribution in [-0.2, 0) is 11.2 Å². The molecule has 0 heterocycles. The highest BCUT2D eigenvalue weighted by molar-refractivity contribution is 5.34. The van der Waals surface area contributed by atoms with Gasteiger partial charge in [0.2, 0.25) is 0 Å². The molecule has 0 spiro atoms. The Morgan fingerprint density at radius 3 is 2.47 bits per heavy atom. The van der Waals surface area contributed by atoms with Crippen LogP contribution in [0.4, 0.5) is 0 Å². The van der Waals surface area contributed by atoms with Crippen molar-refractivity contribution in [1.29, 1.82) is 0 Å². The van der Waals surface area contributed by atoms with Crippen molar-refractivity contribution >= 4 is 0 Å². The van der Waals surface area contributed by atoms with E-state index < -0.39 is 0 Å². The number of benzene rings is 1. The Morgan fingerprint density at radius 1 is 1.21 bits per heavy atom. The van der Waals surface area contributed by atoms with Crippen molar-refractivity contribution in [2.24, 2.45) is 0 Å². The first-order chi connectivity index (χ1) is 9.25. The van der Waals surface area contributed by atoms with Gasteiger partial charge in [-0.1, -0.05) is 31.0 Å². The van der Waals surface area contributed by atoms with Crippen molar-refractivity contribution < 1.29 is 9.47 Å². The van der Waals surface area contributed by atoms with Gasteiger partial charge in [0.1, 0.15) is 5.75 Å². The van der Waals surface area contributed by atoms with E-state index in [-0.39, 0.29) is 5.60 Å². The van der Waals surface area contributed by atoms with Crippen LogP contribution < -0.4 is 10.1 Å². The second-order valence-corrected chi connectivity index (χ2v) is 5.33. The van der Waals surface area contributed by atoms with Crippen LogP contribution in [0.3, 0.4) is 0 Å². The van der Waals surface area contributed by atoms with Gasteiger partial charge in [-0.25, -0.2) is 0 Å². The maximum atomic E-state index is 5.89. The van der Waals surface area contributed by atoms with Crippen molar-refractivity contribution in [3.05, 3.63) is 29.8 Å². The predicted molar refractivity (Wildman–Crippen MR) is 77.8 cm³/mol. The summed E-state index contributed by atoms with van der Waals surface area (Å²) in [5.41, 5.74) is 1.22. The van der Waals surface area contributed by atoms with E-state index in [1.807, 2.05) is 26.3 Å². The Labute approximate surface area is 116 Å². The average molecular weight is 263 g/mol.